The molecule has 0 aliphatic rings. The van der Waals surface area contributed by atoms with Crippen LogP contribution < -0.4 is 14.8 Å². The third-order valence-corrected chi connectivity index (χ3v) is 4.47. The summed E-state index contributed by atoms with van der Waals surface area (Å²) >= 11 is 1.37. The Kier molecular flexibility index (Phi) is 6.39. The normalized spacial score (nSPS) is 10.4. The molecule has 2 aromatic carbocycles. The smallest absolute Gasteiger partial charge is 0.250 e. The van der Waals surface area contributed by atoms with Gasteiger partial charge in [0.1, 0.15) is 6.07 Å². The predicted octanol–water partition coefficient (Wildman–Crippen LogP) is 4.37. The minimum Gasteiger partial charge on any atom is -0.493 e. The molecule has 6 nitrogen and oxygen atoms in total. The number of ether oxygens (including phenoxy) is 2. The molecule has 28 heavy (non-hydrogen) atoms. The van der Waals surface area contributed by atoms with Crippen molar-refractivity contribution in [2.24, 2.45) is 0 Å². The quantitative estimate of drug-likeness (QED) is 0.605. The molecule has 0 atom stereocenters. The number of aromatic nitrogens is 1. The van der Waals surface area contributed by atoms with E-state index in [1.807, 2.05) is 41.8 Å². The molecule has 0 fully saturated rings. The van der Waals surface area contributed by atoms with Gasteiger partial charge in [-0.25, -0.2) is 4.98 Å². The van der Waals surface area contributed by atoms with Crippen LogP contribution in [0, 0.1) is 11.3 Å². The van der Waals surface area contributed by atoms with Crippen molar-refractivity contribution in [3.05, 3.63) is 65.6 Å². The summed E-state index contributed by atoms with van der Waals surface area (Å²) in [5, 5.41) is 13.8. The lowest BCUT2D eigenvalue weighted by Crippen LogP contribution is -2.07. The highest BCUT2D eigenvalue weighted by Gasteiger charge is 2.07. The zero-order valence-electron chi connectivity index (χ0n) is 15.1. The minimum atomic E-state index is -0.280. The van der Waals surface area contributed by atoms with E-state index in [4.69, 9.17) is 14.7 Å². The van der Waals surface area contributed by atoms with Gasteiger partial charge >= 0.3 is 0 Å². The Morgan fingerprint density at radius 2 is 2.07 bits per heavy atom. The van der Waals surface area contributed by atoms with E-state index in [2.05, 4.69) is 10.3 Å². The SMILES string of the molecule is COc1cc(/C=C/C(=O)Nc2nc(-c3ccccc3)cs2)ccc1OCC#N. The van der Waals surface area contributed by atoms with Crippen molar-refractivity contribution >= 4 is 28.5 Å². The first-order valence-corrected chi connectivity index (χ1v) is 9.25. The molecule has 7 heteroatoms. The number of carbonyl (C=O) groups is 1. The van der Waals surface area contributed by atoms with E-state index in [0.717, 1.165) is 16.8 Å². The number of carbonyl (C=O) groups excluding carboxylic acids is 1. The van der Waals surface area contributed by atoms with Crippen LogP contribution in [0.2, 0.25) is 0 Å². The Labute approximate surface area is 166 Å². The van der Waals surface area contributed by atoms with Crippen molar-refractivity contribution < 1.29 is 14.3 Å². The standard InChI is InChI=1S/C21H17N3O3S/c1-26-19-13-15(7-9-18(19)27-12-11-22)8-10-20(25)24-21-23-17(14-28-21)16-5-3-2-4-6-16/h2-10,13-14H,12H2,1H3,(H,23,24,25)/b10-8+. The number of benzene rings is 2. The summed E-state index contributed by atoms with van der Waals surface area (Å²) in [6.45, 7) is -0.0628. The minimum absolute atomic E-state index is 0.0628. The molecule has 0 bridgehead atoms. The van der Waals surface area contributed by atoms with E-state index in [1.54, 1.807) is 24.3 Å². The monoisotopic (exact) mass is 391 g/mol. The van der Waals surface area contributed by atoms with Gasteiger partial charge in [0, 0.05) is 17.0 Å². The molecule has 3 rings (SSSR count). The Bertz CT molecular complexity index is 1020. The summed E-state index contributed by atoms with van der Waals surface area (Å²) in [7, 11) is 1.52. The van der Waals surface area contributed by atoms with Gasteiger partial charge in [0.25, 0.3) is 0 Å². The van der Waals surface area contributed by atoms with E-state index < -0.39 is 0 Å². The molecule has 1 N–H and O–H groups in total. The Morgan fingerprint density at radius 3 is 2.82 bits per heavy atom. The van der Waals surface area contributed by atoms with Gasteiger partial charge in [0.05, 0.1) is 12.8 Å². The first-order valence-electron chi connectivity index (χ1n) is 8.37. The molecule has 1 aromatic heterocycles. The lowest BCUT2D eigenvalue weighted by atomic mass is 10.2. The molecule has 3 aromatic rings. The summed E-state index contributed by atoms with van der Waals surface area (Å²) in [5.41, 5.74) is 2.59. The number of nitrogens with one attached hydrogen (secondary N) is 1. The summed E-state index contributed by atoms with van der Waals surface area (Å²) in [6, 6.07) is 16.9. The fraction of sp³-hybridized carbons (Fsp3) is 0.0952. The van der Waals surface area contributed by atoms with Crippen molar-refractivity contribution in [3.8, 4) is 28.8 Å². The lowest BCUT2D eigenvalue weighted by molar-refractivity contribution is -0.111. The first-order chi connectivity index (χ1) is 13.7. The topological polar surface area (TPSA) is 84.2 Å². The van der Waals surface area contributed by atoms with E-state index in [0.29, 0.717) is 16.6 Å². The maximum atomic E-state index is 12.2. The highest BCUT2D eigenvalue weighted by molar-refractivity contribution is 7.14. The number of hydrogen-bond acceptors (Lipinski definition) is 6. The second-order valence-corrected chi connectivity index (χ2v) is 6.44. The Morgan fingerprint density at radius 1 is 1.25 bits per heavy atom. The van der Waals surface area contributed by atoms with Gasteiger partial charge < -0.3 is 9.47 Å². The van der Waals surface area contributed by atoms with Gasteiger partial charge in [-0.3, -0.25) is 10.1 Å². The number of rotatable bonds is 7. The first kappa shape index (κ1) is 19.1. The third-order valence-electron chi connectivity index (χ3n) is 3.71. The van der Waals surface area contributed by atoms with Crippen LogP contribution >= 0.6 is 11.3 Å². The average molecular weight is 391 g/mol. The summed E-state index contributed by atoms with van der Waals surface area (Å²) in [4.78, 5) is 16.6. The number of thiazole rings is 1. The maximum absolute atomic E-state index is 12.2. The fourth-order valence-corrected chi connectivity index (χ4v) is 3.13. The number of nitrogens with zero attached hydrogens (tertiary/aromatic N) is 2. The average Bonchev–Trinajstić information content (AvgIpc) is 3.20. The highest BCUT2D eigenvalue weighted by Crippen LogP contribution is 2.28. The van der Waals surface area contributed by atoms with E-state index in [9.17, 15) is 4.79 Å². The van der Waals surface area contributed by atoms with Crippen molar-refractivity contribution in [1.82, 2.24) is 4.98 Å². The van der Waals surface area contributed by atoms with Gasteiger partial charge in [0.15, 0.2) is 23.2 Å². The second-order valence-electron chi connectivity index (χ2n) is 5.58. The van der Waals surface area contributed by atoms with Gasteiger partial charge in [-0.05, 0) is 23.8 Å². The molecule has 1 amide bonds. The van der Waals surface area contributed by atoms with Crippen LogP contribution in [-0.4, -0.2) is 24.6 Å². The second kappa shape index (κ2) is 9.35. The molecule has 0 aliphatic carbocycles. The molecular formula is C21H17N3O3S. The van der Waals surface area contributed by atoms with Crippen LogP contribution in [0.5, 0.6) is 11.5 Å². The number of anilines is 1. The van der Waals surface area contributed by atoms with Crippen molar-refractivity contribution in [1.29, 1.82) is 5.26 Å². The zero-order valence-corrected chi connectivity index (χ0v) is 15.9. The fourth-order valence-electron chi connectivity index (χ4n) is 2.41. The van der Waals surface area contributed by atoms with Crippen LogP contribution in [0.3, 0.4) is 0 Å². The Balaban J connectivity index is 1.64. The van der Waals surface area contributed by atoms with E-state index in [1.165, 1.54) is 24.5 Å². The zero-order chi connectivity index (χ0) is 19.8. The van der Waals surface area contributed by atoms with Crippen LogP contribution in [0.15, 0.2) is 60.0 Å². The molecule has 0 unspecified atom stereocenters. The van der Waals surface area contributed by atoms with Crippen LogP contribution in [-0.2, 0) is 4.79 Å². The molecule has 0 spiro atoms. The van der Waals surface area contributed by atoms with Crippen molar-refractivity contribution in [2.45, 2.75) is 0 Å². The van der Waals surface area contributed by atoms with Crippen molar-refractivity contribution in [3.63, 3.8) is 0 Å². The molecule has 0 aliphatic heterocycles. The molecular weight excluding hydrogens is 374 g/mol. The van der Waals surface area contributed by atoms with Crippen molar-refractivity contribution in [2.75, 3.05) is 19.0 Å². The lowest BCUT2D eigenvalue weighted by Gasteiger charge is -2.08. The van der Waals surface area contributed by atoms with Gasteiger partial charge in [-0.2, -0.15) is 5.26 Å². The maximum Gasteiger partial charge on any atom is 0.250 e. The largest absolute Gasteiger partial charge is 0.493 e. The molecule has 0 radical (unpaired) electrons. The molecule has 0 saturated carbocycles. The van der Waals surface area contributed by atoms with Gasteiger partial charge in [-0.15, -0.1) is 11.3 Å². The van der Waals surface area contributed by atoms with Gasteiger partial charge in [0.2, 0.25) is 5.91 Å². The number of amides is 1. The van der Waals surface area contributed by atoms with E-state index in [-0.39, 0.29) is 12.5 Å². The van der Waals surface area contributed by atoms with Crippen LogP contribution in [0.4, 0.5) is 5.13 Å². The Hall–Kier alpha value is -3.63. The van der Waals surface area contributed by atoms with E-state index >= 15 is 0 Å². The molecule has 0 saturated heterocycles. The molecule has 140 valence electrons. The van der Waals surface area contributed by atoms with Gasteiger partial charge in [-0.1, -0.05) is 36.4 Å². The summed E-state index contributed by atoms with van der Waals surface area (Å²) in [5.74, 6) is 0.685. The number of nitriles is 1. The third kappa shape index (κ3) is 4.96. The molecule has 1 heterocycles. The number of hydrogen-bond donors (Lipinski definition) is 1. The predicted molar refractivity (Wildman–Crippen MR) is 109 cm³/mol. The summed E-state index contributed by atoms with van der Waals surface area (Å²) in [6.07, 6.45) is 3.09. The summed E-state index contributed by atoms with van der Waals surface area (Å²) < 4.78 is 10.5. The number of methoxy groups -OCH3 is 1. The van der Waals surface area contributed by atoms with Crippen LogP contribution in [0.25, 0.3) is 17.3 Å². The highest BCUT2D eigenvalue weighted by atomic mass is 32.1. The van der Waals surface area contributed by atoms with Crippen LogP contribution in [0.1, 0.15) is 5.56 Å².